The van der Waals surface area contributed by atoms with Crippen LogP contribution in [0.2, 0.25) is 0 Å². The van der Waals surface area contributed by atoms with Gasteiger partial charge in [0.15, 0.2) is 10.7 Å². The lowest BCUT2D eigenvalue weighted by Gasteiger charge is -1.96. The fourth-order valence-electron chi connectivity index (χ4n) is 0.824. The molecule has 0 N–H and O–H groups in total. The molecule has 0 saturated carbocycles. The highest BCUT2D eigenvalue weighted by Gasteiger charge is 1.99. The van der Waals surface area contributed by atoms with Crippen molar-refractivity contribution in [3.05, 3.63) is 28.2 Å². The predicted octanol–water partition coefficient (Wildman–Crippen LogP) is 1.73. The molecule has 1 aromatic carbocycles. The minimum Gasteiger partial charge on any atom is -0.227 e. The maximum absolute atomic E-state index is 10.6. The van der Waals surface area contributed by atoms with E-state index in [1.807, 2.05) is 0 Å². The lowest BCUT2D eigenvalue weighted by Crippen LogP contribution is -1.84. The van der Waals surface area contributed by atoms with E-state index < -0.39 is 10.7 Å². The molecule has 0 aliphatic rings. The van der Waals surface area contributed by atoms with Crippen LogP contribution in [0.25, 0.3) is 0 Å². The van der Waals surface area contributed by atoms with Gasteiger partial charge in [0.1, 0.15) is 0 Å². The van der Waals surface area contributed by atoms with Crippen LogP contribution in [0.4, 0.5) is 0 Å². The van der Waals surface area contributed by atoms with Crippen LogP contribution in [-0.2, 0) is 10.7 Å². The summed E-state index contributed by atoms with van der Waals surface area (Å²) in [6.45, 7) is 1.77. The van der Waals surface area contributed by atoms with E-state index in [1.165, 1.54) is 0 Å². The molecule has 4 heteroatoms. The van der Waals surface area contributed by atoms with Crippen LogP contribution < -0.4 is 0 Å². The van der Waals surface area contributed by atoms with Crippen molar-refractivity contribution in [1.29, 1.82) is 0 Å². The third kappa shape index (κ3) is 2.04. The van der Waals surface area contributed by atoms with Gasteiger partial charge < -0.3 is 0 Å². The molecule has 2 nitrogen and oxygen atoms in total. The molecule has 0 amide bonds. The number of aryl methyl sites for hydroxylation is 1. The van der Waals surface area contributed by atoms with Gasteiger partial charge in [-0.2, -0.15) is 0 Å². The maximum Gasteiger partial charge on any atom is 0.168 e. The molecule has 0 aromatic heterocycles. The Balaban J connectivity index is 3.31. The summed E-state index contributed by atoms with van der Waals surface area (Å²) in [6, 6.07) is 5.08. The second-order valence-electron chi connectivity index (χ2n) is 2.19. The van der Waals surface area contributed by atoms with E-state index in [0.717, 1.165) is 10.0 Å². The Labute approximate surface area is 75.3 Å². The first-order chi connectivity index (χ1) is 5.11. The maximum atomic E-state index is 10.6. The van der Waals surface area contributed by atoms with Gasteiger partial charge in [0.05, 0.1) is 4.90 Å². The zero-order valence-electron chi connectivity index (χ0n) is 5.87. The molecule has 0 atom stereocenters. The minimum atomic E-state index is -2.45. The van der Waals surface area contributed by atoms with E-state index in [2.05, 4.69) is 15.9 Å². The first-order valence-electron chi connectivity index (χ1n) is 3.02. The average Bonchev–Trinajstić information content (AvgIpc) is 1.85. The van der Waals surface area contributed by atoms with Crippen molar-refractivity contribution in [2.45, 2.75) is 11.8 Å². The highest BCUT2D eigenvalue weighted by molar-refractivity contribution is 9.10. The normalized spacial score (nSPS) is 10.5. The molecule has 0 aliphatic carbocycles. The summed E-state index contributed by atoms with van der Waals surface area (Å²) in [5.74, 6) is 0. The summed E-state index contributed by atoms with van der Waals surface area (Å²) in [7, 11) is -2.45. The lowest BCUT2D eigenvalue weighted by atomic mass is 10.2. The van der Waals surface area contributed by atoms with Crippen LogP contribution in [0.15, 0.2) is 27.6 Å². The molecule has 0 saturated heterocycles. The molecule has 0 fully saturated rings. The van der Waals surface area contributed by atoms with Crippen molar-refractivity contribution in [2.75, 3.05) is 0 Å². The molecule has 0 heterocycles. The van der Waals surface area contributed by atoms with Crippen molar-refractivity contribution in [2.24, 2.45) is 0 Å². The Bertz CT molecular complexity index is 336. The van der Waals surface area contributed by atoms with Gasteiger partial charge in [-0.3, -0.25) is 0 Å². The monoisotopic (exact) mass is 234 g/mol. The third-order valence-corrected chi connectivity index (χ3v) is 2.74. The molecule has 0 bridgehead atoms. The van der Waals surface area contributed by atoms with E-state index in [0.29, 0.717) is 4.90 Å². The summed E-state index contributed by atoms with van der Waals surface area (Å²) in [5, 5.41) is 0. The first-order valence-corrected chi connectivity index (χ1v) is 4.99. The van der Waals surface area contributed by atoms with Crippen LogP contribution in [0.1, 0.15) is 5.56 Å². The Morgan fingerprint density at radius 2 is 2.00 bits per heavy atom. The van der Waals surface area contributed by atoms with Gasteiger partial charge in [0, 0.05) is 4.47 Å². The van der Waals surface area contributed by atoms with Crippen molar-refractivity contribution >= 4 is 26.6 Å². The Morgan fingerprint density at radius 1 is 1.36 bits per heavy atom. The molecule has 1 rings (SSSR count). The van der Waals surface area contributed by atoms with Crippen molar-refractivity contribution < 1.29 is 8.42 Å². The number of hydrogen-bond acceptors (Lipinski definition) is 2. The van der Waals surface area contributed by atoms with Crippen LogP contribution in [0.5, 0.6) is 0 Å². The van der Waals surface area contributed by atoms with E-state index in [4.69, 9.17) is 0 Å². The predicted molar refractivity (Wildman–Crippen MR) is 47.5 cm³/mol. The van der Waals surface area contributed by atoms with Gasteiger partial charge >= 0.3 is 0 Å². The molecule has 0 unspecified atom stereocenters. The first kappa shape index (κ1) is 8.74. The van der Waals surface area contributed by atoms with Crippen LogP contribution in [-0.4, -0.2) is 8.42 Å². The van der Waals surface area contributed by atoms with Gasteiger partial charge in [0.2, 0.25) is 0 Å². The Kier molecular flexibility index (Phi) is 2.67. The van der Waals surface area contributed by atoms with Crippen molar-refractivity contribution in [3.63, 3.8) is 0 Å². The Hall–Kier alpha value is -0.350. The molecular formula is C7H7BrO2S. The summed E-state index contributed by atoms with van der Waals surface area (Å²) in [4.78, 5) is 0.392. The second-order valence-corrected chi connectivity index (χ2v) is 4.10. The number of halogens is 1. The Morgan fingerprint density at radius 3 is 2.45 bits per heavy atom. The van der Waals surface area contributed by atoms with Crippen LogP contribution in [0, 0.1) is 6.92 Å². The van der Waals surface area contributed by atoms with E-state index in [1.54, 1.807) is 25.1 Å². The standard InChI is InChI=1S/C7H7BrO2S/c1-5-4-6(8)2-3-7(5)11(9)10/h2-4,11H,1H3. The van der Waals surface area contributed by atoms with E-state index in [9.17, 15) is 8.42 Å². The summed E-state index contributed by atoms with van der Waals surface area (Å²) in [6.07, 6.45) is 0. The summed E-state index contributed by atoms with van der Waals surface area (Å²) >= 11 is 3.25. The molecule has 60 valence electrons. The fourth-order valence-corrected chi connectivity index (χ4v) is 1.85. The SMILES string of the molecule is Cc1cc(Br)ccc1[SH](=O)=O. The quantitative estimate of drug-likeness (QED) is 0.752. The second kappa shape index (κ2) is 3.36. The number of thiol groups is 1. The zero-order valence-corrected chi connectivity index (χ0v) is 8.35. The van der Waals surface area contributed by atoms with Gasteiger partial charge in [0.25, 0.3) is 0 Å². The molecule has 0 aliphatic heterocycles. The van der Waals surface area contributed by atoms with Crippen molar-refractivity contribution in [3.8, 4) is 0 Å². The average molecular weight is 235 g/mol. The highest BCUT2D eigenvalue weighted by Crippen LogP contribution is 2.16. The minimum absolute atomic E-state index is 0.392. The van der Waals surface area contributed by atoms with Gasteiger partial charge in [-0.1, -0.05) is 15.9 Å². The molecule has 11 heavy (non-hydrogen) atoms. The van der Waals surface area contributed by atoms with Gasteiger partial charge in [-0.25, -0.2) is 8.42 Å². The summed E-state index contributed by atoms with van der Waals surface area (Å²) in [5.41, 5.74) is 0.774. The van der Waals surface area contributed by atoms with Gasteiger partial charge in [-0.05, 0) is 30.7 Å². The molecular weight excluding hydrogens is 228 g/mol. The number of rotatable bonds is 1. The molecule has 1 aromatic rings. The van der Waals surface area contributed by atoms with Gasteiger partial charge in [-0.15, -0.1) is 0 Å². The fraction of sp³-hybridized carbons (Fsp3) is 0.143. The third-order valence-electron chi connectivity index (χ3n) is 1.36. The van der Waals surface area contributed by atoms with Crippen LogP contribution >= 0.6 is 15.9 Å². The lowest BCUT2D eigenvalue weighted by molar-refractivity contribution is 0.614. The van der Waals surface area contributed by atoms with Crippen molar-refractivity contribution in [1.82, 2.24) is 0 Å². The summed E-state index contributed by atoms with van der Waals surface area (Å²) < 4.78 is 22.0. The highest BCUT2D eigenvalue weighted by atomic mass is 79.9. The number of benzene rings is 1. The van der Waals surface area contributed by atoms with E-state index >= 15 is 0 Å². The largest absolute Gasteiger partial charge is 0.227 e. The van der Waals surface area contributed by atoms with E-state index in [-0.39, 0.29) is 0 Å². The van der Waals surface area contributed by atoms with Crippen LogP contribution in [0.3, 0.4) is 0 Å². The topological polar surface area (TPSA) is 34.1 Å². The molecule has 0 radical (unpaired) electrons. The molecule has 0 spiro atoms. The number of hydrogen-bond donors (Lipinski definition) is 1. The smallest absolute Gasteiger partial charge is 0.168 e. The zero-order chi connectivity index (χ0) is 8.43.